The summed E-state index contributed by atoms with van der Waals surface area (Å²) in [5.74, 6) is 1.46. The van der Waals surface area contributed by atoms with Crippen LogP contribution in [0.25, 0.3) is 11.4 Å². The van der Waals surface area contributed by atoms with E-state index in [1.807, 2.05) is 46.8 Å². The summed E-state index contributed by atoms with van der Waals surface area (Å²) < 4.78 is 3.78. The topological polar surface area (TPSA) is 76.8 Å². The van der Waals surface area contributed by atoms with Crippen LogP contribution in [0, 0.1) is 0 Å². The maximum atomic E-state index is 12.8. The molecule has 1 aromatic carbocycles. The number of carbonyl (C=O) groups is 1. The first-order chi connectivity index (χ1) is 11.7. The summed E-state index contributed by atoms with van der Waals surface area (Å²) in [7, 11) is 1.91. The summed E-state index contributed by atoms with van der Waals surface area (Å²) >= 11 is 0. The molecule has 3 heterocycles. The van der Waals surface area contributed by atoms with Crippen molar-refractivity contribution >= 4 is 17.4 Å². The number of nitrogens with zero attached hydrogens (tertiary/aromatic N) is 4. The van der Waals surface area contributed by atoms with Crippen LogP contribution >= 0.6 is 0 Å². The average Bonchev–Trinajstić information content (AvgIpc) is 3.21. The molecule has 0 saturated carbocycles. The van der Waals surface area contributed by atoms with E-state index < -0.39 is 0 Å². The molecule has 122 valence electrons. The third-order valence-corrected chi connectivity index (χ3v) is 4.16. The predicted octanol–water partition coefficient (Wildman–Crippen LogP) is 2.35. The van der Waals surface area contributed by atoms with Crippen molar-refractivity contribution in [1.29, 1.82) is 0 Å². The number of carbonyl (C=O) groups excluding carboxylic acids is 1. The van der Waals surface area contributed by atoms with Gasteiger partial charge in [-0.05, 0) is 12.5 Å². The molecule has 1 amide bonds. The van der Waals surface area contributed by atoms with Gasteiger partial charge in [0.15, 0.2) is 0 Å². The van der Waals surface area contributed by atoms with Gasteiger partial charge in [0.1, 0.15) is 17.3 Å². The van der Waals surface area contributed by atoms with Crippen molar-refractivity contribution in [2.24, 2.45) is 7.05 Å². The van der Waals surface area contributed by atoms with E-state index in [2.05, 4.69) is 20.7 Å². The van der Waals surface area contributed by atoms with Gasteiger partial charge in [0.25, 0.3) is 5.91 Å². The number of anilines is 2. The largest absolute Gasteiger partial charge is 0.368 e. The molecule has 3 aromatic rings. The highest BCUT2D eigenvalue weighted by atomic mass is 16.1. The van der Waals surface area contributed by atoms with Crippen molar-refractivity contribution in [2.45, 2.75) is 13.0 Å². The van der Waals surface area contributed by atoms with Gasteiger partial charge in [-0.3, -0.25) is 4.79 Å². The van der Waals surface area contributed by atoms with Gasteiger partial charge < -0.3 is 15.2 Å². The normalized spacial score (nSPS) is 13.2. The molecular formula is C17H18N6O. The van der Waals surface area contributed by atoms with E-state index in [0.717, 1.165) is 36.7 Å². The fraction of sp³-hybridized carbons (Fsp3) is 0.235. The molecule has 1 aliphatic rings. The fourth-order valence-electron chi connectivity index (χ4n) is 2.96. The Kier molecular flexibility index (Phi) is 3.53. The van der Waals surface area contributed by atoms with Crippen molar-refractivity contribution in [3.63, 3.8) is 0 Å². The molecular weight excluding hydrogens is 304 g/mol. The first kappa shape index (κ1) is 14.5. The van der Waals surface area contributed by atoms with Crippen molar-refractivity contribution in [1.82, 2.24) is 19.3 Å². The van der Waals surface area contributed by atoms with Crippen LogP contribution in [0.5, 0.6) is 0 Å². The number of benzene rings is 1. The summed E-state index contributed by atoms with van der Waals surface area (Å²) in [6.07, 6.45) is 6.31. The first-order valence-corrected chi connectivity index (χ1v) is 7.92. The molecule has 1 aliphatic heterocycles. The molecule has 0 spiro atoms. The monoisotopic (exact) mass is 322 g/mol. The number of rotatable bonds is 3. The van der Waals surface area contributed by atoms with E-state index in [-0.39, 0.29) is 5.91 Å². The van der Waals surface area contributed by atoms with Crippen LogP contribution in [-0.4, -0.2) is 31.8 Å². The van der Waals surface area contributed by atoms with Crippen molar-refractivity contribution in [3.05, 3.63) is 48.4 Å². The molecule has 4 rings (SSSR count). The Bertz CT molecular complexity index is 894. The zero-order valence-corrected chi connectivity index (χ0v) is 13.4. The first-order valence-electron chi connectivity index (χ1n) is 7.92. The van der Waals surface area contributed by atoms with E-state index in [9.17, 15) is 4.79 Å². The second kappa shape index (κ2) is 5.84. The highest BCUT2D eigenvalue weighted by Gasteiger charge is 2.19. The Labute approximate surface area is 139 Å². The lowest BCUT2D eigenvalue weighted by Gasteiger charge is -2.17. The number of imidazole rings is 1. The lowest BCUT2D eigenvalue weighted by molar-refractivity contribution is 0.102. The van der Waals surface area contributed by atoms with E-state index in [0.29, 0.717) is 11.3 Å². The van der Waals surface area contributed by atoms with Crippen LogP contribution in [-0.2, 0) is 13.6 Å². The van der Waals surface area contributed by atoms with Crippen LogP contribution in [0.1, 0.15) is 16.8 Å². The smallest absolute Gasteiger partial charge is 0.256 e. The number of amides is 1. The third kappa shape index (κ3) is 2.44. The van der Waals surface area contributed by atoms with Gasteiger partial charge in [0.2, 0.25) is 0 Å². The highest BCUT2D eigenvalue weighted by Crippen LogP contribution is 2.27. The SMILES string of the molecule is Cn1ccnc1-c1ccccc1C(=O)Nc1cnn2c1NCCC2. The van der Waals surface area contributed by atoms with Crippen molar-refractivity contribution in [2.75, 3.05) is 17.2 Å². The maximum absolute atomic E-state index is 12.8. The Hall–Kier alpha value is -3.09. The van der Waals surface area contributed by atoms with Crippen LogP contribution < -0.4 is 10.6 Å². The van der Waals surface area contributed by atoms with Gasteiger partial charge in [0, 0.05) is 38.1 Å². The number of hydrogen-bond donors (Lipinski definition) is 2. The minimum Gasteiger partial charge on any atom is -0.368 e. The maximum Gasteiger partial charge on any atom is 0.256 e. The number of nitrogens with one attached hydrogen (secondary N) is 2. The number of fused-ring (bicyclic) bond motifs is 1. The summed E-state index contributed by atoms with van der Waals surface area (Å²) in [5.41, 5.74) is 2.09. The number of aromatic nitrogens is 4. The highest BCUT2D eigenvalue weighted by molar-refractivity contribution is 6.09. The molecule has 0 radical (unpaired) electrons. The molecule has 7 heteroatoms. The van der Waals surface area contributed by atoms with Gasteiger partial charge in [0.05, 0.1) is 11.8 Å². The molecule has 0 unspecified atom stereocenters. The standard InChI is InChI=1S/C17H18N6O/c1-22-10-8-19-15(22)12-5-2-3-6-13(12)17(24)21-14-11-20-23-9-4-7-18-16(14)23/h2-3,5-6,8,10-11,18H,4,7,9H2,1H3,(H,21,24). The third-order valence-electron chi connectivity index (χ3n) is 4.16. The summed E-state index contributed by atoms with van der Waals surface area (Å²) in [6.45, 7) is 1.75. The lowest BCUT2D eigenvalue weighted by atomic mass is 10.1. The summed E-state index contributed by atoms with van der Waals surface area (Å²) in [6, 6.07) is 7.48. The Morgan fingerprint density at radius 1 is 1.33 bits per heavy atom. The molecule has 0 atom stereocenters. The van der Waals surface area contributed by atoms with Crippen molar-refractivity contribution < 1.29 is 4.79 Å². The minimum atomic E-state index is -0.170. The molecule has 0 aliphatic carbocycles. The van der Waals surface area contributed by atoms with Gasteiger partial charge in [-0.2, -0.15) is 5.10 Å². The molecule has 2 N–H and O–H groups in total. The van der Waals surface area contributed by atoms with E-state index in [1.54, 1.807) is 12.4 Å². The lowest BCUT2D eigenvalue weighted by Crippen LogP contribution is -2.20. The Morgan fingerprint density at radius 3 is 3.04 bits per heavy atom. The molecule has 0 fully saturated rings. The van der Waals surface area contributed by atoms with E-state index in [1.165, 1.54) is 0 Å². The number of aryl methyl sites for hydroxylation is 2. The molecule has 7 nitrogen and oxygen atoms in total. The fourth-order valence-corrected chi connectivity index (χ4v) is 2.96. The van der Waals surface area contributed by atoms with E-state index in [4.69, 9.17) is 0 Å². The second-order valence-corrected chi connectivity index (χ2v) is 5.77. The van der Waals surface area contributed by atoms with Gasteiger partial charge in [-0.1, -0.05) is 18.2 Å². The van der Waals surface area contributed by atoms with Crippen molar-refractivity contribution in [3.8, 4) is 11.4 Å². The van der Waals surface area contributed by atoms with Crippen LogP contribution in [0.15, 0.2) is 42.9 Å². The Balaban J connectivity index is 1.66. The zero-order chi connectivity index (χ0) is 16.5. The Morgan fingerprint density at radius 2 is 2.21 bits per heavy atom. The molecule has 2 aromatic heterocycles. The van der Waals surface area contributed by atoms with Gasteiger partial charge in [-0.15, -0.1) is 0 Å². The van der Waals surface area contributed by atoms with Crippen LogP contribution in [0.3, 0.4) is 0 Å². The average molecular weight is 322 g/mol. The van der Waals surface area contributed by atoms with E-state index >= 15 is 0 Å². The summed E-state index contributed by atoms with van der Waals surface area (Å²) in [4.78, 5) is 17.2. The van der Waals surface area contributed by atoms with Crippen LogP contribution in [0.2, 0.25) is 0 Å². The summed E-state index contributed by atoms with van der Waals surface area (Å²) in [5, 5.41) is 10.6. The second-order valence-electron chi connectivity index (χ2n) is 5.77. The molecule has 0 saturated heterocycles. The van der Waals surface area contributed by atoms with Crippen LogP contribution in [0.4, 0.5) is 11.5 Å². The quantitative estimate of drug-likeness (QED) is 0.776. The van der Waals surface area contributed by atoms with Gasteiger partial charge >= 0.3 is 0 Å². The number of hydrogen-bond acceptors (Lipinski definition) is 4. The molecule has 24 heavy (non-hydrogen) atoms. The van der Waals surface area contributed by atoms with Gasteiger partial charge in [-0.25, -0.2) is 9.67 Å². The zero-order valence-electron chi connectivity index (χ0n) is 13.4. The molecule has 0 bridgehead atoms. The minimum absolute atomic E-state index is 0.170. The predicted molar refractivity (Wildman–Crippen MR) is 91.9 cm³/mol.